The Morgan fingerprint density at radius 2 is 0.800 bits per heavy atom. The first-order valence-electron chi connectivity index (χ1n) is 1.00. The van der Waals surface area contributed by atoms with Crippen LogP contribution >= 0.6 is 0 Å². The molecule has 0 fully saturated rings. The summed E-state index contributed by atoms with van der Waals surface area (Å²) in [6.07, 6.45) is 0. The molecule has 0 aliphatic rings. The minimum atomic E-state index is 0. The van der Waals surface area contributed by atoms with Gasteiger partial charge < -0.3 is 11.5 Å². The first-order chi connectivity index (χ1) is 2.00. The van der Waals surface area contributed by atoms with Gasteiger partial charge in [0.2, 0.25) is 0 Å². The van der Waals surface area contributed by atoms with Crippen LogP contribution in [0.5, 0.6) is 0 Å². The van der Waals surface area contributed by atoms with Gasteiger partial charge in [-0.25, -0.2) is 0 Å². The molecule has 0 aliphatic carbocycles. The maximum absolute atomic E-state index is 5.75. The molecule has 0 aliphatic heterocycles. The summed E-state index contributed by atoms with van der Waals surface area (Å²) in [6.45, 7) is 0. The third-order valence-electron chi connectivity index (χ3n) is 0. The van der Waals surface area contributed by atoms with Gasteiger partial charge in [-0.2, -0.15) is 14.1 Å². The summed E-state index contributed by atoms with van der Waals surface area (Å²) >= 11 is 0. The second-order valence-corrected chi connectivity index (χ2v) is 0. The minimum absolute atomic E-state index is 0. The largest absolute Gasteiger partial charge is 2.00 e. The molecular weight excluding hydrogens is 116 g/mol. The Morgan fingerprint density at radius 1 is 0.800 bits per heavy atom. The third kappa shape index (κ3) is 137. The van der Waals surface area contributed by atoms with Crippen LogP contribution in [0.15, 0.2) is 0 Å². The number of nitrogens with one attached hydrogen (secondary N) is 2. The van der Waals surface area contributed by atoms with Crippen molar-refractivity contribution < 1.29 is 17.1 Å². The molecule has 0 atom stereocenters. The third-order valence-corrected chi connectivity index (χ3v) is 0. The van der Waals surface area contributed by atoms with Crippen molar-refractivity contribution in [2.24, 2.45) is 0 Å². The van der Waals surface area contributed by atoms with Crippen LogP contribution in [0, 0.1) is 0 Å². The number of hydrogen-bond donors (Lipinski definition) is 0. The molecule has 0 aromatic carbocycles. The molecule has 0 spiro atoms. The van der Waals surface area contributed by atoms with Crippen molar-refractivity contribution in [1.29, 1.82) is 0 Å². The second-order valence-electron chi connectivity index (χ2n) is 0. The molecule has 37 valence electrons. The first-order valence-corrected chi connectivity index (χ1v) is 1.00. The van der Waals surface area contributed by atoms with Crippen molar-refractivity contribution in [3.63, 3.8) is 0 Å². The molecule has 2 N–H and O–H groups in total. The summed E-state index contributed by atoms with van der Waals surface area (Å²) in [7, 11) is 2.50. The van der Waals surface area contributed by atoms with Gasteiger partial charge in [0.25, 0.3) is 0 Å². The zero-order chi connectivity index (χ0) is 4.00. The molecule has 0 rings (SSSR count). The molecule has 2 nitrogen and oxygen atoms in total. The SMILES string of the molecule is C[NH-].C[NH-].[Cu+2]. The summed E-state index contributed by atoms with van der Waals surface area (Å²) in [5.41, 5.74) is 11.5. The summed E-state index contributed by atoms with van der Waals surface area (Å²) < 4.78 is 0. The van der Waals surface area contributed by atoms with Gasteiger partial charge in [0.1, 0.15) is 0 Å². The minimum Gasteiger partial charge on any atom is -0.680 e. The van der Waals surface area contributed by atoms with Crippen molar-refractivity contribution in [3.05, 3.63) is 11.5 Å². The van der Waals surface area contributed by atoms with Crippen molar-refractivity contribution in [3.8, 4) is 0 Å². The van der Waals surface area contributed by atoms with Crippen LogP contribution < -0.4 is 0 Å². The van der Waals surface area contributed by atoms with E-state index in [0.29, 0.717) is 0 Å². The molecule has 5 heavy (non-hydrogen) atoms. The summed E-state index contributed by atoms with van der Waals surface area (Å²) in [6, 6.07) is 0. The van der Waals surface area contributed by atoms with Crippen LogP contribution in [0.2, 0.25) is 0 Å². The zero-order valence-corrected chi connectivity index (χ0v) is 4.24. The van der Waals surface area contributed by atoms with E-state index in [1.54, 1.807) is 0 Å². The van der Waals surface area contributed by atoms with E-state index in [-0.39, 0.29) is 17.1 Å². The molecule has 3 heteroatoms. The average molecular weight is 124 g/mol. The smallest absolute Gasteiger partial charge is 0.680 e. The summed E-state index contributed by atoms with van der Waals surface area (Å²) in [4.78, 5) is 0. The monoisotopic (exact) mass is 123 g/mol. The molecule has 0 saturated heterocycles. The van der Waals surface area contributed by atoms with Gasteiger partial charge in [0, 0.05) is 0 Å². The van der Waals surface area contributed by atoms with Crippen LogP contribution in [-0.4, -0.2) is 14.1 Å². The van der Waals surface area contributed by atoms with E-state index in [4.69, 9.17) is 11.5 Å². The maximum Gasteiger partial charge on any atom is 2.00 e. The summed E-state index contributed by atoms with van der Waals surface area (Å²) in [5.74, 6) is 0. The fourth-order valence-corrected chi connectivity index (χ4v) is 0. The fraction of sp³-hybridized carbons (Fsp3) is 1.00. The van der Waals surface area contributed by atoms with Crippen molar-refractivity contribution in [2.45, 2.75) is 0 Å². The Kier molecular flexibility index (Phi) is 980. The van der Waals surface area contributed by atoms with Gasteiger partial charge in [0.05, 0.1) is 0 Å². The molecule has 0 amide bonds. The standard InChI is InChI=1S/2CH4N.Cu/c2*1-2;/h2*2H,1H3;/q2*-1;+2. The molecule has 0 aromatic heterocycles. The predicted molar refractivity (Wildman–Crippen MR) is 20.5 cm³/mol. The van der Waals surface area contributed by atoms with Gasteiger partial charge in [-0.1, -0.05) is 0 Å². The van der Waals surface area contributed by atoms with Gasteiger partial charge in [-0.15, -0.1) is 0 Å². The van der Waals surface area contributed by atoms with Gasteiger partial charge >= 0.3 is 17.1 Å². The van der Waals surface area contributed by atoms with Crippen molar-refractivity contribution >= 4 is 0 Å². The summed E-state index contributed by atoms with van der Waals surface area (Å²) in [5, 5.41) is 0. The van der Waals surface area contributed by atoms with Crippen LogP contribution in [-0.2, 0) is 17.1 Å². The van der Waals surface area contributed by atoms with E-state index in [0.717, 1.165) is 0 Å². The van der Waals surface area contributed by atoms with E-state index in [9.17, 15) is 0 Å². The Balaban J connectivity index is -0.0000000133. The van der Waals surface area contributed by atoms with Crippen LogP contribution in [0.4, 0.5) is 0 Å². The van der Waals surface area contributed by atoms with E-state index < -0.39 is 0 Å². The van der Waals surface area contributed by atoms with Crippen molar-refractivity contribution in [1.82, 2.24) is 0 Å². The van der Waals surface area contributed by atoms with E-state index in [1.165, 1.54) is 14.1 Å². The Morgan fingerprint density at radius 3 is 0.800 bits per heavy atom. The van der Waals surface area contributed by atoms with Gasteiger partial charge in [-0.05, 0) is 0 Å². The van der Waals surface area contributed by atoms with Crippen LogP contribution in [0.25, 0.3) is 11.5 Å². The molecule has 0 unspecified atom stereocenters. The van der Waals surface area contributed by atoms with E-state index >= 15 is 0 Å². The average Bonchev–Trinajstić information content (AvgIpc) is 1.50. The van der Waals surface area contributed by atoms with Crippen LogP contribution in [0.1, 0.15) is 0 Å². The number of rotatable bonds is 0. The van der Waals surface area contributed by atoms with Gasteiger partial charge in [0.15, 0.2) is 0 Å². The molecule has 0 saturated carbocycles. The van der Waals surface area contributed by atoms with Gasteiger partial charge in [-0.3, -0.25) is 0 Å². The maximum atomic E-state index is 5.75. The zero-order valence-electron chi connectivity index (χ0n) is 3.30. The van der Waals surface area contributed by atoms with E-state index in [1.807, 2.05) is 0 Å². The molecular formula is C2H8CuN2. The Labute approximate surface area is 43.4 Å². The van der Waals surface area contributed by atoms with Crippen molar-refractivity contribution in [2.75, 3.05) is 14.1 Å². The quantitative estimate of drug-likeness (QED) is 0.437. The Bertz CT molecular complexity index is 7.61. The molecule has 0 bridgehead atoms. The second kappa shape index (κ2) is 272. The predicted octanol–water partition coefficient (Wildman–Crippen LogP) is 1.33. The van der Waals surface area contributed by atoms with E-state index in [2.05, 4.69) is 0 Å². The van der Waals surface area contributed by atoms with Crippen LogP contribution in [0.3, 0.4) is 0 Å². The molecule has 1 radical (unpaired) electrons. The number of hydrogen-bond acceptors (Lipinski definition) is 0. The molecule has 0 aromatic rings. The Hall–Kier alpha value is 0.439. The fourth-order valence-electron chi connectivity index (χ4n) is 0. The molecule has 0 heterocycles. The first kappa shape index (κ1) is 18.0. The topological polar surface area (TPSA) is 47.6 Å². The normalized spacial score (nSPS) is 2.40.